The second kappa shape index (κ2) is 9.24. The Morgan fingerprint density at radius 1 is 1.38 bits per heavy atom. The molecule has 5 nitrogen and oxygen atoms in total. The maximum atomic E-state index is 13.3. The molecule has 1 aromatic heterocycles. The number of aryl methyl sites for hydroxylation is 1. The van der Waals surface area contributed by atoms with Crippen LogP contribution in [0.5, 0.6) is 5.88 Å². The number of rotatable bonds is 7. The molecule has 24 heavy (non-hydrogen) atoms. The van der Waals surface area contributed by atoms with Crippen LogP contribution >= 0.6 is 11.8 Å². The largest absolute Gasteiger partial charge is 0.472 e. The van der Waals surface area contributed by atoms with Gasteiger partial charge in [0.2, 0.25) is 5.88 Å². The van der Waals surface area contributed by atoms with Gasteiger partial charge in [-0.3, -0.25) is 15.7 Å². The van der Waals surface area contributed by atoms with Crippen LogP contribution in [0.2, 0.25) is 0 Å². The van der Waals surface area contributed by atoms with Gasteiger partial charge in [-0.05, 0) is 43.0 Å². The number of pyridine rings is 1. The van der Waals surface area contributed by atoms with Crippen molar-refractivity contribution < 1.29 is 14.3 Å². The average molecular weight is 349 g/mol. The summed E-state index contributed by atoms with van der Waals surface area (Å²) in [6.45, 7) is 2.57. The second-order valence-electron chi connectivity index (χ2n) is 5.06. The summed E-state index contributed by atoms with van der Waals surface area (Å²) in [6.07, 6.45) is 1.99. The number of nitrogens with one attached hydrogen (secondary N) is 1. The van der Waals surface area contributed by atoms with Crippen molar-refractivity contribution in [3.8, 4) is 5.88 Å². The van der Waals surface area contributed by atoms with Crippen molar-refractivity contribution in [3.63, 3.8) is 0 Å². The molecule has 0 saturated heterocycles. The molecule has 1 aromatic carbocycles. The van der Waals surface area contributed by atoms with Gasteiger partial charge in [0.15, 0.2) is 5.84 Å². The van der Waals surface area contributed by atoms with E-state index in [1.807, 2.05) is 19.2 Å². The standard InChI is InChI=1S/C17H20FN3O2S/c1-12-6-7-15(16(21-22)19-8-9-24-2)17(20-12)23-11-13-4-3-5-14(18)10-13/h3-7,10,22H,8-9,11H2,1-2H3,(H,19,21). The van der Waals surface area contributed by atoms with Crippen LogP contribution in [0.25, 0.3) is 0 Å². The highest BCUT2D eigenvalue weighted by Crippen LogP contribution is 2.18. The van der Waals surface area contributed by atoms with E-state index >= 15 is 0 Å². The van der Waals surface area contributed by atoms with Gasteiger partial charge in [-0.1, -0.05) is 12.1 Å². The van der Waals surface area contributed by atoms with Crippen molar-refractivity contribution in [1.29, 1.82) is 0 Å². The van der Waals surface area contributed by atoms with Gasteiger partial charge in [0, 0.05) is 11.4 Å². The lowest BCUT2D eigenvalue weighted by molar-refractivity contribution is 0.233. The molecule has 7 heteroatoms. The molecule has 0 spiro atoms. The van der Waals surface area contributed by atoms with Crippen LogP contribution < -0.4 is 10.2 Å². The predicted octanol–water partition coefficient (Wildman–Crippen LogP) is 3.20. The molecular weight excluding hydrogens is 329 g/mol. The normalized spacial score (nSPS) is 11.4. The highest BCUT2D eigenvalue weighted by molar-refractivity contribution is 7.98. The Bertz CT molecular complexity index is 710. The molecule has 128 valence electrons. The average Bonchev–Trinajstić information content (AvgIpc) is 2.58. The number of amidine groups is 1. The van der Waals surface area contributed by atoms with E-state index in [4.69, 9.17) is 4.74 Å². The second-order valence-corrected chi connectivity index (χ2v) is 6.04. The molecule has 0 bridgehead atoms. The topological polar surface area (TPSA) is 66.7 Å². The fourth-order valence-corrected chi connectivity index (χ4v) is 2.30. The van der Waals surface area contributed by atoms with Crippen molar-refractivity contribution in [2.45, 2.75) is 13.5 Å². The smallest absolute Gasteiger partial charge is 0.225 e. The molecule has 0 aliphatic carbocycles. The molecule has 0 amide bonds. The Morgan fingerprint density at radius 3 is 2.92 bits per heavy atom. The summed E-state index contributed by atoms with van der Waals surface area (Å²) in [5, 5.41) is 9.37. The Labute approximate surface area is 144 Å². The molecule has 0 aliphatic rings. The lowest BCUT2D eigenvalue weighted by Crippen LogP contribution is -2.22. The fraction of sp³-hybridized carbons (Fsp3) is 0.294. The van der Waals surface area contributed by atoms with Crippen molar-refractivity contribution in [3.05, 3.63) is 59.0 Å². The van der Waals surface area contributed by atoms with Crippen molar-refractivity contribution >= 4 is 17.6 Å². The monoisotopic (exact) mass is 349 g/mol. The molecule has 0 aliphatic heterocycles. The summed E-state index contributed by atoms with van der Waals surface area (Å²) in [4.78, 5) is 8.67. The first kappa shape index (κ1) is 18.2. The van der Waals surface area contributed by atoms with E-state index < -0.39 is 0 Å². The zero-order valence-corrected chi connectivity index (χ0v) is 14.4. The first-order valence-corrected chi connectivity index (χ1v) is 8.82. The number of hydrogen-bond acceptors (Lipinski definition) is 5. The fourth-order valence-electron chi connectivity index (χ4n) is 2.03. The number of aromatic nitrogens is 1. The quantitative estimate of drug-likeness (QED) is 0.348. The van der Waals surface area contributed by atoms with Crippen LogP contribution in [0.3, 0.4) is 0 Å². The molecule has 0 fully saturated rings. The molecule has 0 unspecified atom stereocenters. The Morgan fingerprint density at radius 2 is 2.21 bits per heavy atom. The number of hydrogen-bond donors (Lipinski definition) is 2. The van der Waals surface area contributed by atoms with Gasteiger partial charge < -0.3 is 4.74 Å². The molecule has 1 heterocycles. The van der Waals surface area contributed by atoms with Gasteiger partial charge in [-0.25, -0.2) is 9.37 Å². The summed E-state index contributed by atoms with van der Waals surface area (Å²) >= 11 is 1.67. The number of hydroxylamine groups is 1. The Balaban J connectivity index is 2.21. The van der Waals surface area contributed by atoms with Gasteiger partial charge in [-0.2, -0.15) is 11.8 Å². The van der Waals surface area contributed by atoms with E-state index in [0.29, 0.717) is 29.4 Å². The highest BCUT2D eigenvalue weighted by atomic mass is 32.2. The zero-order valence-electron chi connectivity index (χ0n) is 13.6. The Kier molecular flexibility index (Phi) is 7.02. The minimum atomic E-state index is -0.315. The molecule has 0 saturated carbocycles. The first-order chi connectivity index (χ1) is 11.6. The summed E-state index contributed by atoms with van der Waals surface area (Å²) in [5.74, 6) is 1.16. The van der Waals surface area contributed by atoms with Crippen LogP contribution in [0.15, 0.2) is 41.4 Å². The molecular formula is C17H20FN3O2S. The predicted molar refractivity (Wildman–Crippen MR) is 94.4 cm³/mol. The van der Waals surface area contributed by atoms with Crippen LogP contribution in [0.1, 0.15) is 16.8 Å². The number of ether oxygens (including phenoxy) is 1. The van der Waals surface area contributed by atoms with E-state index in [-0.39, 0.29) is 12.4 Å². The molecule has 2 rings (SSSR count). The first-order valence-electron chi connectivity index (χ1n) is 7.42. The van der Waals surface area contributed by atoms with Gasteiger partial charge in [0.05, 0.1) is 12.1 Å². The SMILES string of the molecule is CSCCN=C(NO)c1ccc(C)nc1OCc1cccc(F)c1. The van der Waals surface area contributed by atoms with E-state index in [0.717, 1.165) is 11.4 Å². The van der Waals surface area contributed by atoms with Crippen LogP contribution in [-0.2, 0) is 6.61 Å². The van der Waals surface area contributed by atoms with Crippen LogP contribution in [0, 0.1) is 12.7 Å². The van der Waals surface area contributed by atoms with Gasteiger partial charge >= 0.3 is 0 Å². The third-order valence-corrected chi connectivity index (χ3v) is 3.78. The van der Waals surface area contributed by atoms with Gasteiger partial charge in [0.25, 0.3) is 0 Å². The lowest BCUT2D eigenvalue weighted by atomic mass is 10.2. The van der Waals surface area contributed by atoms with Crippen LogP contribution in [-0.4, -0.2) is 34.6 Å². The lowest BCUT2D eigenvalue weighted by Gasteiger charge is -2.12. The molecule has 2 aromatic rings. The maximum absolute atomic E-state index is 13.3. The van der Waals surface area contributed by atoms with E-state index in [1.54, 1.807) is 30.0 Å². The van der Waals surface area contributed by atoms with Crippen molar-refractivity contribution in [2.24, 2.45) is 4.99 Å². The molecule has 0 radical (unpaired) electrons. The highest BCUT2D eigenvalue weighted by Gasteiger charge is 2.12. The number of halogens is 1. The van der Waals surface area contributed by atoms with Crippen molar-refractivity contribution in [2.75, 3.05) is 18.6 Å². The third kappa shape index (κ3) is 5.21. The number of benzene rings is 1. The van der Waals surface area contributed by atoms with Crippen LogP contribution in [0.4, 0.5) is 4.39 Å². The van der Waals surface area contributed by atoms with E-state index in [1.165, 1.54) is 12.1 Å². The Hall–Kier alpha value is -2.12. The summed E-state index contributed by atoms with van der Waals surface area (Å²) in [6, 6.07) is 9.79. The summed E-state index contributed by atoms with van der Waals surface area (Å²) in [5.41, 5.74) is 4.13. The third-order valence-electron chi connectivity index (χ3n) is 3.19. The summed E-state index contributed by atoms with van der Waals surface area (Å²) in [7, 11) is 0. The zero-order chi connectivity index (χ0) is 17.4. The number of nitrogens with zero attached hydrogens (tertiary/aromatic N) is 2. The van der Waals surface area contributed by atoms with Gasteiger partial charge in [-0.15, -0.1) is 0 Å². The minimum absolute atomic E-state index is 0.171. The maximum Gasteiger partial charge on any atom is 0.225 e. The van der Waals surface area contributed by atoms with E-state index in [9.17, 15) is 9.60 Å². The number of aliphatic imine (C=N–C) groups is 1. The molecule has 2 N–H and O–H groups in total. The van der Waals surface area contributed by atoms with E-state index in [2.05, 4.69) is 15.5 Å². The van der Waals surface area contributed by atoms with Gasteiger partial charge in [0.1, 0.15) is 12.4 Å². The molecule has 0 atom stereocenters. The van der Waals surface area contributed by atoms with Crippen molar-refractivity contribution in [1.82, 2.24) is 10.5 Å². The summed E-state index contributed by atoms with van der Waals surface area (Å²) < 4.78 is 19.0. The minimum Gasteiger partial charge on any atom is -0.472 e. The number of thioether (sulfide) groups is 1.